The maximum atomic E-state index is 5.73. The first-order valence-corrected chi connectivity index (χ1v) is 7.38. The summed E-state index contributed by atoms with van der Waals surface area (Å²) in [5.74, 6) is 0. The summed E-state index contributed by atoms with van der Waals surface area (Å²) in [5, 5.41) is 3.64. The highest BCUT2D eigenvalue weighted by atomic mass is 79.9. The van der Waals surface area contributed by atoms with E-state index in [9.17, 15) is 0 Å². The van der Waals surface area contributed by atoms with Crippen LogP contribution in [-0.2, 0) is 11.3 Å². The maximum absolute atomic E-state index is 5.73. The van der Waals surface area contributed by atoms with Crippen molar-refractivity contribution in [1.29, 1.82) is 0 Å². The van der Waals surface area contributed by atoms with Gasteiger partial charge in [0, 0.05) is 23.7 Å². The number of rotatable bonds is 3. The van der Waals surface area contributed by atoms with Crippen molar-refractivity contribution < 1.29 is 4.74 Å². The van der Waals surface area contributed by atoms with E-state index in [0.29, 0.717) is 6.04 Å². The fraction of sp³-hybridized carbons (Fsp3) is 0.600. The standard InChI is InChI=1S/C15H22BrNO/c1-11-4-5-12(8-14(11)16)10-17-13-6-7-18-15(2,3)9-13/h4-5,8,13,17H,6-7,9-10H2,1-3H3. The number of nitrogens with one attached hydrogen (secondary N) is 1. The summed E-state index contributed by atoms with van der Waals surface area (Å²) in [6.45, 7) is 8.25. The molecule has 1 atom stereocenters. The number of hydrogen-bond acceptors (Lipinski definition) is 2. The van der Waals surface area contributed by atoms with E-state index in [2.05, 4.69) is 60.2 Å². The number of hydrogen-bond donors (Lipinski definition) is 1. The molecule has 0 radical (unpaired) electrons. The Labute approximate surface area is 118 Å². The lowest BCUT2D eigenvalue weighted by Gasteiger charge is -2.36. The molecule has 0 spiro atoms. The molecular formula is C15H22BrNO. The molecule has 2 rings (SSSR count). The van der Waals surface area contributed by atoms with Crippen LogP contribution >= 0.6 is 15.9 Å². The van der Waals surface area contributed by atoms with Crippen LogP contribution in [0.2, 0.25) is 0 Å². The molecule has 0 saturated carbocycles. The lowest BCUT2D eigenvalue weighted by molar-refractivity contribution is -0.0630. The van der Waals surface area contributed by atoms with Crippen molar-refractivity contribution in [2.24, 2.45) is 0 Å². The van der Waals surface area contributed by atoms with E-state index in [0.717, 1.165) is 26.0 Å². The molecule has 0 aromatic heterocycles. The molecule has 1 N–H and O–H groups in total. The minimum atomic E-state index is 0.0176. The number of benzene rings is 1. The highest BCUT2D eigenvalue weighted by Gasteiger charge is 2.28. The molecule has 0 amide bonds. The molecule has 0 aliphatic carbocycles. The number of ether oxygens (including phenoxy) is 1. The highest BCUT2D eigenvalue weighted by molar-refractivity contribution is 9.10. The molecule has 1 heterocycles. The molecule has 1 saturated heterocycles. The summed E-state index contributed by atoms with van der Waals surface area (Å²) in [7, 11) is 0. The predicted molar refractivity (Wildman–Crippen MR) is 78.8 cm³/mol. The van der Waals surface area contributed by atoms with Crippen molar-refractivity contribution in [3.8, 4) is 0 Å². The molecule has 1 aliphatic rings. The van der Waals surface area contributed by atoms with Crippen LogP contribution in [0.15, 0.2) is 22.7 Å². The van der Waals surface area contributed by atoms with Gasteiger partial charge in [-0.2, -0.15) is 0 Å². The molecule has 1 unspecified atom stereocenters. The van der Waals surface area contributed by atoms with Crippen LogP contribution in [0, 0.1) is 6.92 Å². The number of aryl methyl sites for hydroxylation is 1. The minimum Gasteiger partial charge on any atom is -0.375 e. The predicted octanol–water partition coefficient (Wildman–Crippen LogP) is 3.80. The van der Waals surface area contributed by atoms with Crippen molar-refractivity contribution in [3.05, 3.63) is 33.8 Å². The third-order valence-electron chi connectivity index (χ3n) is 3.53. The van der Waals surface area contributed by atoms with Gasteiger partial charge in [-0.1, -0.05) is 28.1 Å². The monoisotopic (exact) mass is 311 g/mol. The van der Waals surface area contributed by atoms with E-state index in [1.54, 1.807) is 0 Å². The molecule has 1 fully saturated rings. The Bertz CT molecular complexity index is 417. The Kier molecular flexibility index (Phi) is 4.46. The van der Waals surface area contributed by atoms with E-state index in [1.165, 1.54) is 15.6 Å². The van der Waals surface area contributed by atoms with Crippen LogP contribution in [-0.4, -0.2) is 18.2 Å². The van der Waals surface area contributed by atoms with Gasteiger partial charge in [0.05, 0.1) is 5.60 Å². The summed E-state index contributed by atoms with van der Waals surface area (Å²) < 4.78 is 6.92. The Morgan fingerprint density at radius 1 is 1.44 bits per heavy atom. The Morgan fingerprint density at radius 3 is 2.89 bits per heavy atom. The molecule has 100 valence electrons. The van der Waals surface area contributed by atoms with Gasteiger partial charge < -0.3 is 10.1 Å². The zero-order valence-electron chi connectivity index (χ0n) is 11.4. The van der Waals surface area contributed by atoms with Crippen molar-refractivity contribution in [2.75, 3.05) is 6.61 Å². The van der Waals surface area contributed by atoms with Gasteiger partial charge in [-0.3, -0.25) is 0 Å². The normalized spacial score (nSPS) is 23.0. The first-order valence-electron chi connectivity index (χ1n) is 6.59. The summed E-state index contributed by atoms with van der Waals surface area (Å²) in [6.07, 6.45) is 2.19. The lowest BCUT2D eigenvalue weighted by atomic mass is 9.94. The molecule has 1 aliphatic heterocycles. The molecule has 2 nitrogen and oxygen atoms in total. The topological polar surface area (TPSA) is 21.3 Å². The van der Waals surface area contributed by atoms with Crippen LogP contribution in [0.4, 0.5) is 0 Å². The molecular weight excluding hydrogens is 290 g/mol. The van der Waals surface area contributed by atoms with Crippen LogP contribution in [0.3, 0.4) is 0 Å². The van der Waals surface area contributed by atoms with Crippen LogP contribution in [0.1, 0.15) is 37.8 Å². The lowest BCUT2D eigenvalue weighted by Crippen LogP contribution is -2.43. The van der Waals surface area contributed by atoms with E-state index in [4.69, 9.17) is 4.74 Å². The van der Waals surface area contributed by atoms with Gasteiger partial charge in [0.25, 0.3) is 0 Å². The van der Waals surface area contributed by atoms with Crippen LogP contribution in [0.25, 0.3) is 0 Å². The van der Waals surface area contributed by atoms with E-state index < -0.39 is 0 Å². The first kappa shape index (κ1) is 14.0. The zero-order valence-corrected chi connectivity index (χ0v) is 13.0. The smallest absolute Gasteiger partial charge is 0.0641 e. The van der Waals surface area contributed by atoms with Gasteiger partial charge in [0.2, 0.25) is 0 Å². The average Bonchev–Trinajstić information content (AvgIpc) is 2.29. The van der Waals surface area contributed by atoms with Crippen molar-refractivity contribution in [1.82, 2.24) is 5.32 Å². The summed E-state index contributed by atoms with van der Waals surface area (Å²) >= 11 is 3.58. The van der Waals surface area contributed by atoms with E-state index >= 15 is 0 Å². The largest absolute Gasteiger partial charge is 0.375 e. The second-order valence-corrected chi connectivity index (χ2v) is 6.62. The van der Waals surface area contributed by atoms with Gasteiger partial charge in [-0.25, -0.2) is 0 Å². The van der Waals surface area contributed by atoms with E-state index in [-0.39, 0.29) is 5.60 Å². The fourth-order valence-electron chi connectivity index (χ4n) is 2.41. The maximum Gasteiger partial charge on any atom is 0.0641 e. The minimum absolute atomic E-state index is 0.0176. The van der Waals surface area contributed by atoms with Crippen molar-refractivity contribution in [2.45, 2.75) is 51.8 Å². The second-order valence-electron chi connectivity index (χ2n) is 5.76. The second kappa shape index (κ2) is 5.72. The Hall–Kier alpha value is -0.380. The molecule has 3 heteroatoms. The Balaban J connectivity index is 1.89. The molecule has 18 heavy (non-hydrogen) atoms. The fourth-order valence-corrected chi connectivity index (χ4v) is 2.84. The van der Waals surface area contributed by atoms with E-state index in [1.807, 2.05) is 0 Å². The van der Waals surface area contributed by atoms with Crippen molar-refractivity contribution >= 4 is 15.9 Å². The third kappa shape index (κ3) is 3.81. The quantitative estimate of drug-likeness (QED) is 0.916. The zero-order chi connectivity index (χ0) is 13.2. The average molecular weight is 312 g/mol. The third-order valence-corrected chi connectivity index (χ3v) is 4.38. The summed E-state index contributed by atoms with van der Waals surface area (Å²) in [4.78, 5) is 0. The number of halogens is 1. The SMILES string of the molecule is Cc1ccc(CNC2CCOC(C)(C)C2)cc1Br. The molecule has 0 bridgehead atoms. The van der Waals surface area contributed by atoms with Gasteiger partial charge in [-0.15, -0.1) is 0 Å². The first-order chi connectivity index (χ1) is 8.46. The van der Waals surface area contributed by atoms with Crippen LogP contribution < -0.4 is 5.32 Å². The summed E-state index contributed by atoms with van der Waals surface area (Å²) in [6, 6.07) is 7.12. The molecule has 1 aromatic rings. The van der Waals surface area contributed by atoms with Crippen molar-refractivity contribution in [3.63, 3.8) is 0 Å². The van der Waals surface area contributed by atoms with Gasteiger partial charge in [0.15, 0.2) is 0 Å². The van der Waals surface area contributed by atoms with Crippen LogP contribution in [0.5, 0.6) is 0 Å². The Morgan fingerprint density at radius 2 is 2.22 bits per heavy atom. The van der Waals surface area contributed by atoms with Gasteiger partial charge in [0.1, 0.15) is 0 Å². The van der Waals surface area contributed by atoms with Gasteiger partial charge in [-0.05, 0) is 50.8 Å². The summed E-state index contributed by atoms with van der Waals surface area (Å²) in [5.41, 5.74) is 2.63. The highest BCUT2D eigenvalue weighted by Crippen LogP contribution is 2.24. The molecule has 1 aromatic carbocycles. The van der Waals surface area contributed by atoms with Gasteiger partial charge >= 0.3 is 0 Å².